The van der Waals surface area contributed by atoms with Crippen LogP contribution in [0.4, 0.5) is 23.0 Å². The molecule has 8 rings (SSSR count). The maximum absolute atomic E-state index is 13.8. The number of hydrogen-bond acceptors (Lipinski definition) is 11. The Morgan fingerprint density at radius 2 is 1.57 bits per heavy atom. The second-order valence-electron chi connectivity index (χ2n) is 15.3. The van der Waals surface area contributed by atoms with Gasteiger partial charge in [-0.1, -0.05) is 32.0 Å². The maximum atomic E-state index is 13.8. The topological polar surface area (TPSA) is 165 Å². The number of imidazole rings is 1. The van der Waals surface area contributed by atoms with Gasteiger partial charge in [0.05, 0.1) is 6.54 Å². The van der Waals surface area contributed by atoms with Crippen molar-refractivity contribution in [3.05, 3.63) is 121 Å². The van der Waals surface area contributed by atoms with E-state index in [1.165, 1.54) is 25.5 Å². The molecule has 2 fully saturated rings. The van der Waals surface area contributed by atoms with Gasteiger partial charge < -0.3 is 25.0 Å². The first-order valence-electron chi connectivity index (χ1n) is 20.2. The quantitative estimate of drug-likeness (QED) is 0.0972. The molecule has 2 atom stereocenters. The Bertz CT molecular complexity index is 2340. The van der Waals surface area contributed by atoms with Crippen LogP contribution < -0.4 is 20.4 Å². The molecule has 0 aliphatic heterocycles. The Balaban J connectivity index is 0.976. The van der Waals surface area contributed by atoms with E-state index in [-0.39, 0.29) is 29.3 Å². The minimum absolute atomic E-state index is 0.0855. The van der Waals surface area contributed by atoms with Crippen molar-refractivity contribution in [1.29, 1.82) is 0 Å². The summed E-state index contributed by atoms with van der Waals surface area (Å²) in [5, 5.41) is 10.2. The van der Waals surface area contributed by atoms with Gasteiger partial charge in [0.15, 0.2) is 0 Å². The Morgan fingerprint density at radius 3 is 2.29 bits per heavy atom. The van der Waals surface area contributed by atoms with Gasteiger partial charge >= 0.3 is 0 Å². The van der Waals surface area contributed by atoms with Crippen LogP contribution in [-0.2, 0) is 6.54 Å². The van der Waals surface area contributed by atoms with Gasteiger partial charge in [-0.25, -0.2) is 34.6 Å². The smallest absolute Gasteiger partial charge is 0.274 e. The lowest BCUT2D eigenvalue weighted by molar-refractivity contribution is 0.101. The molecule has 298 valence electrons. The summed E-state index contributed by atoms with van der Waals surface area (Å²) in [6, 6.07) is 19.0. The van der Waals surface area contributed by atoms with E-state index in [0.717, 1.165) is 61.8 Å². The van der Waals surface area contributed by atoms with E-state index in [2.05, 4.69) is 59.3 Å². The van der Waals surface area contributed by atoms with Gasteiger partial charge in [-0.15, -0.1) is 0 Å². The van der Waals surface area contributed by atoms with E-state index < -0.39 is 0 Å². The van der Waals surface area contributed by atoms with Crippen LogP contribution in [0.2, 0.25) is 0 Å². The largest absolute Gasteiger partial charge is 0.356 e. The van der Waals surface area contributed by atoms with Gasteiger partial charge in [0, 0.05) is 73.7 Å². The number of aromatic nitrogens is 9. The molecule has 2 aliphatic carbocycles. The van der Waals surface area contributed by atoms with E-state index in [1.54, 1.807) is 23.3 Å². The lowest BCUT2D eigenvalue weighted by Crippen LogP contribution is -2.29. The minimum atomic E-state index is -0.314. The molecule has 2 N–H and O–H groups in total. The lowest BCUT2D eigenvalue weighted by Gasteiger charge is -2.25. The highest BCUT2D eigenvalue weighted by Gasteiger charge is 2.42. The summed E-state index contributed by atoms with van der Waals surface area (Å²) in [5.74, 6) is 3.46. The predicted octanol–water partition coefficient (Wildman–Crippen LogP) is 6.55. The van der Waals surface area contributed by atoms with Crippen LogP contribution in [0.3, 0.4) is 0 Å². The van der Waals surface area contributed by atoms with E-state index in [1.807, 2.05) is 72.3 Å². The summed E-state index contributed by atoms with van der Waals surface area (Å²) in [6.45, 7) is 10.1. The summed E-state index contributed by atoms with van der Waals surface area (Å²) >= 11 is 0. The van der Waals surface area contributed by atoms with Crippen molar-refractivity contribution in [1.82, 2.24) is 44.3 Å². The lowest BCUT2D eigenvalue weighted by atomic mass is 10.2. The molecular formula is C43H49N13O2. The third-order valence-electron chi connectivity index (χ3n) is 10.6. The molecule has 2 saturated carbocycles. The van der Waals surface area contributed by atoms with Gasteiger partial charge in [0.1, 0.15) is 53.7 Å². The molecule has 0 saturated heterocycles. The molecule has 15 heteroatoms. The highest BCUT2D eigenvalue weighted by molar-refractivity contribution is 6.04. The normalized spacial score (nSPS) is 15.8. The Hall–Kier alpha value is -6.51. The summed E-state index contributed by atoms with van der Waals surface area (Å²) in [6.07, 6.45) is 13.5. The van der Waals surface area contributed by atoms with Crippen LogP contribution in [0.15, 0.2) is 92.0 Å². The number of benzene rings is 2. The van der Waals surface area contributed by atoms with Gasteiger partial charge in [-0.3, -0.25) is 9.59 Å². The number of nitrogens with one attached hydrogen (secondary N) is 2. The zero-order valence-corrected chi connectivity index (χ0v) is 33.2. The predicted molar refractivity (Wildman–Crippen MR) is 222 cm³/mol. The van der Waals surface area contributed by atoms with Crippen molar-refractivity contribution < 1.29 is 9.59 Å². The third kappa shape index (κ3) is 9.36. The first-order chi connectivity index (χ1) is 28.3. The molecule has 6 aromatic rings. The van der Waals surface area contributed by atoms with E-state index in [0.29, 0.717) is 47.7 Å². The van der Waals surface area contributed by atoms with Crippen LogP contribution in [0.25, 0.3) is 5.69 Å². The van der Waals surface area contributed by atoms with Gasteiger partial charge in [0.25, 0.3) is 11.8 Å². The molecule has 4 aromatic heterocycles. The number of aryl methyl sites for hydroxylation is 1. The van der Waals surface area contributed by atoms with Gasteiger partial charge in [-0.2, -0.15) is 5.10 Å². The minimum Gasteiger partial charge on any atom is -0.356 e. The van der Waals surface area contributed by atoms with Crippen LogP contribution in [-0.4, -0.2) is 82.2 Å². The second kappa shape index (κ2) is 17.3. The Labute approximate surface area is 338 Å². The van der Waals surface area contributed by atoms with Crippen molar-refractivity contribution in [3.8, 4) is 5.69 Å². The zero-order valence-electron chi connectivity index (χ0n) is 33.2. The molecule has 15 nitrogen and oxygen atoms in total. The first kappa shape index (κ1) is 38.4. The van der Waals surface area contributed by atoms with E-state index >= 15 is 0 Å². The van der Waals surface area contributed by atoms with E-state index in [9.17, 15) is 9.59 Å². The molecule has 0 spiro atoms. The number of amides is 2. The van der Waals surface area contributed by atoms with Crippen LogP contribution in [0.1, 0.15) is 90.1 Å². The molecule has 2 aliphatic rings. The summed E-state index contributed by atoms with van der Waals surface area (Å²) in [7, 11) is 0. The molecule has 0 radical (unpaired) electrons. The van der Waals surface area contributed by atoms with Crippen molar-refractivity contribution in [2.45, 2.75) is 65.3 Å². The molecular weight excluding hydrogens is 731 g/mol. The fraction of sp³-hybridized carbons (Fsp3) is 0.372. The number of rotatable bonds is 18. The third-order valence-corrected chi connectivity index (χ3v) is 10.6. The number of nitrogens with zero attached hydrogens (tertiary/aromatic N) is 11. The summed E-state index contributed by atoms with van der Waals surface area (Å²) in [5.41, 5.74) is 3.93. The number of carbonyl (C=O) groups is 2. The Kier molecular flexibility index (Phi) is 11.5. The van der Waals surface area contributed by atoms with Crippen molar-refractivity contribution in [3.63, 3.8) is 0 Å². The SMILES string of the molecule is CCCN(CC1CC1c1nc(C(=O)Nc2ccc(Cn3cncn3)cc2)cc(N(CCC)CC2CC2)n1)c1cc(C(=O)Nc2cccc(-n3ccnc3C)c2)ncn1. The summed E-state index contributed by atoms with van der Waals surface area (Å²) < 4.78 is 3.71. The zero-order chi connectivity index (χ0) is 40.0. The molecule has 0 bridgehead atoms. The number of hydrogen-bond donors (Lipinski definition) is 2. The molecule has 2 unspecified atom stereocenters. The van der Waals surface area contributed by atoms with Crippen LogP contribution in [0.5, 0.6) is 0 Å². The fourth-order valence-corrected chi connectivity index (χ4v) is 7.31. The van der Waals surface area contributed by atoms with Crippen molar-refractivity contribution in [2.24, 2.45) is 11.8 Å². The molecule has 2 amide bonds. The molecule has 58 heavy (non-hydrogen) atoms. The van der Waals surface area contributed by atoms with Gasteiger partial charge in [-0.05, 0) is 86.8 Å². The number of anilines is 4. The number of carbonyl (C=O) groups excluding carboxylic acids is 2. The van der Waals surface area contributed by atoms with Crippen LogP contribution in [0, 0.1) is 18.8 Å². The fourth-order valence-electron chi connectivity index (χ4n) is 7.31. The molecule has 4 heterocycles. The van der Waals surface area contributed by atoms with Gasteiger partial charge in [0.2, 0.25) is 0 Å². The first-order valence-corrected chi connectivity index (χ1v) is 20.2. The Morgan fingerprint density at radius 1 is 0.810 bits per heavy atom. The van der Waals surface area contributed by atoms with E-state index in [4.69, 9.17) is 9.97 Å². The average Bonchev–Trinajstić information content (AvgIpc) is 4.12. The van der Waals surface area contributed by atoms with Crippen molar-refractivity contribution >= 4 is 34.8 Å². The monoisotopic (exact) mass is 779 g/mol. The highest BCUT2D eigenvalue weighted by Crippen LogP contribution is 2.47. The average molecular weight is 780 g/mol. The maximum Gasteiger partial charge on any atom is 0.274 e. The van der Waals surface area contributed by atoms with Crippen molar-refractivity contribution in [2.75, 3.05) is 46.6 Å². The standard InChI is InChI=1S/C43H49N13O2/c1-4-16-53(23-30-9-10-30)40-22-38(43(58)49-33-13-11-31(12-14-33)24-55-28-44-26-48-55)51-41(52-40)36-19-32(36)25-54(17-5-2)39-21-37(46-27-47-39)42(57)50-34-7-6-8-35(20-34)56-18-15-45-29(56)3/h6-8,11-15,18,20-22,26-28,30,32,36H,4-5,9-10,16-17,19,23-25H2,1-3H3,(H,49,58)(H,50,57). The molecule has 2 aromatic carbocycles. The van der Waals surface area contributed by atoms with Crippen LogP contribution >= 0.6 is 0 Å². The second-order valence-corrected chi connectivity index (χ2v) is 15.3. The highest BCUT2D eigenvalue weighted by atomic mass is 16.2. The summed E-state index contributed by atoms with van der Waals surface area (Å²) in [4.78, 5) is 59.1.